The van der Waals surface area contributed by atoms with Gasteiger partial charge in [-0.3, -0.25) is 4.79 Å². The van der Waals surface area contributed by atoms with E-state index in [9.17, 15) is 4.79 Å². The number of aliphatic hydroxyl groups excluding tert-OH is 1. The fraction of sp³-hybridized carbons (Fsp3) is 0.583. The molecule has 0 saturated heterocycles. The van der Waals surface area contributed by atoms with Gasteiger partial charge < -0.3 is 15.0 Å². The normalized spacial score (nSPS) is 17.1. The number of amides is 1. The molecular formula is C12H18N2O2. The number of nitrogens with zero attached hydrogens (tertiary/aromatic N) is 1. The molecule has 1 unspecified atom stereocenters. The van der Waals surface area contributed by atoms with Gasteiger partial charge in [-0.1, -0.05) is 0 Å². The van der Waals surface area contributed by atoms with Gasteiger partial charge in [-0.15, -0.1) is 0 Å². The van der Waals surface area contributed by atoms with E-state index in [-0.39, 0.29) is 18.6 Å². The van der Waals surface area contributed by atoms with Crippen LogP contribution in [0.15, 0.2) is 18.3 Å². The average molecular weight is 222 g/mol. The van der Waals surface area contributed by atoms with Gasteiger partial charge in [0.15, 0.2) is 0 Å². The van der Waals surface area contributed by atoms with Crippen molar-refractivity contribution in [2.24, 2.45) is 0 Å². The minimum atomic E-state index is -0.0437. The van der Waals surface area contributed by atoms with E-state index in [1.807, 2.05) is 29.8 Å². The highest BCUT2D eigenvalue weighted by atomic mass is 16.3. The molecule has 1 atom stereocenters. The molecule has 4 heteroatoms. The first-order valence-corrected chi connectivity index (χ1v) is 5.81. The summed E-state index contributed by atoms with van der Waals surface area (Å²) >= 11 is 0. The Balaban J connectivity index is 2.00. The molecule has 1 aromatic heterocycles. The van der Waals surface area contributed by atoms with Gasteiger partial charge in [-0.2, -0.15) is 0 Å². The van der Waals surface area contributed by atoms with E-state index in [1.54, 1.807) is 0 Å². The highest BCUT2D eigenvalue weighted by Crippen LogP contribution is 2.35. The van der Waals surface area contributed by atoms with Crippen molar-refractivity contribution < 1.29 is 9.90 Å². The number of hydrogen-bond acceptors (Lipinski definition) is 2. The van der Waals surface area contributed by atoms with E-state index in [2.05, 4.69) is 5.32 Å². The Morgan fingerprint density at radius 3 is 3.06 bits per heavy atom. The third kappa shape index (κ3) is 2.44. The van der Waals surface area contributed by atoms with Crippen LogP contribution in [0.5, 0.6) is 0 Å². The highest BCUT2D eigenvalue weighted by Gasteiger charge is 2.26. The molecule has 1 aromatic rings. The van der Waals surface area contributed by atoms with Crippen LogP contribution < -0.4 is 5.32 Å². The number of aliphatic hydroxyl groups is 1. The summed E-state index contributed by atoms with van der Waals surface area (Å²) in [7, 11) is 0. The summed E-state index contributed by atoms with van der Waals surface area (Å²) in [6.07, 6.45) is 4.89. The minimum absolute atomic E-state index is 0.0139. The maximum absolute atomic E-state index is 11.9. The molecule has 2 N–H and O–H groups in total. The SMILES string of the molecule is CC(CCO)NC(=O)c1cccn1C1CC1. The van der Waals surface area contributed by atoms with E-state index < -0.39 is 0 Å². The zero-order valence-electron chi connectivity index (χ0n) is 9.52. The second-order valence-corrected chi connectivity index (χ2v) is 4.42. The lowest BCUT2D eigenvalue weighted by atomic mass is 10.2. The molecule has 1 aliphatic carbocycles. The first-order chi connectivity index (χ1) is 7.72. The van der Waals surface area contributed by atoms with Crippen molar-refractivity contribution in [2.75, 3.05) is 6.61 Å². The van der Waals surface area contributed by atoms with Crippen molar-refractivity contribution in [1.82, 2.24) is 9.88 Å². The third-order valence-corrected chi connectivity index (χ3v) is 2.89. The van der Waals surface area contributed by atoms with Gasteiger partial charge in [0, 0.05) is 24.9 Å². The zero-order chi connectivity index (χ0) is 11.5. The maximum atomic E-state index is 11.9. The van der Waals surface area contributed by atoms with Crippen LogP contribution in [0.25, 0.3) is 0 Å². The lowest BCUT2D eigenvalue weighted by molar-refractivity contribution is 0.0925. The van der Waals surface area contributed by atoms with Crippen molar-refractivity contribution in [3.05, 3.63) is 24.0 Å². The summed E-state index contributed by atoms with van der Waals surface area (Å²) < 4.78 is 2.04. The fourth-order valence-corrected chi connectivity index (χ4v) is 1.82. The van der Waals surface area contributed by atoms with Crippen LogP contribution in [-0.2, 0) is 0 Å². The van der Waals surface area contributed by atoms with E-state index >= 15 is 0 Å². The third-order valence-electron chi connectivity index (χ3n) is 2.89. The molecule has 1 aliphatic rings. The summed E-state index contributed by atoms with van der Waals surface area (Å²) in [6.45, 7) is 2.00. The predicted octanol–water partition coefficient (Wildman–Crippen LogP) is 1.32. The Morgan fingerprint density at radius 1 is 1.69 bits per heavy atom. The molecule has 2 rings (SSSR count). The Labute approximate surface area is 95.3 Å². The Hall–Kier alpha value is -1.29. The predicted molar refractivity (Wildman–Crippen MR) is 61.3 cm³/mol. The van der Waals surface area contributed by atoms with E-state index in [0.717, 1.165) is 5.69 Å². The van der Waals surface area contributed by atoms with Gasteiger partial charge in [-0.25, -0.2) is 0 Å². The van der Waals surface area contributed by atoms with Crippen LogP contribution >= 0.6 is 0 Å². The van der Waals surface area contributed by atoms with Gasteiger partial charge in [0.1, 0.15) is 5.69 Å². The Kier molecular flexibility index (Phi) is 3.29. The van der Waals surface area contributed by atoms with Crippen molar-refractivity contribution in [1.29, 1.82) is 0 Å². The molecule has 1 saturated carbocycles. The molecule has 16 heavy (non-hydrogen) atoms. The van der Waals surface area contributed by atoms with Crippen molar-refractivity contribution in [2.45, 2.75) is 38.3 Å². The molecule has 0 bridgehead atoms. The monoisotopic (exact) mass is 222 g/mol. The molecule has 4 nitrogen and oxygen atoms in total. The summed E-state index contributed by atoms with van der Waals surface area (Å²) in [5, 5.41) is 11.7. The molecule has 1 amide bonds. The number of hydrogen-bond donors (Lipinski definition) is 2. The number of carbonyl (C=O) groups is 1. The lowest BCUT2D eigenvalue weighted by Gasteiger charge is -2.13. The molecule has 0 radical (unpaired) electrons. The van der Waals surface area contributed by atoms with Crippen LogP contribution in [0.2, 0.25) is 0 Å². The molecule has 88 valence electrons. The standard InChI is InChI=1S/C12H18N2O2/c1-9(6-8-15)13-12(16)11-3-2-7-14(11)10-4-5-10/h2-3,7,9-10,15H,4-6,8H2,1H3,(H,13,16). The lowest BCUT2D eigenvalue weighted by Crippen LogP contribution is -2.34. The summed E-state index contributed by atoms with van der Waals surface area (Å²) in [5.74, 6) is -0.0437. The van der Waals surface area contributed by atoms with Crippen molar-refractivity contribution in [3.63, 3.8) is 0 Å². The first kappa shape index (κ1) is 11.2. The average Bonchev–Trinajstić information content (AvgIpc) is 2.96. The number of carbonyl (C=O) groups excluding carboxylic acids is 1. The van der Waals surface area contributed by atoms with Crippen LogP contribution in [0.3, 0.4) is 0 Å². The van der Waals surface area contributed by atoms with Gasteiger partial charge in [0.25, 0.3) is 5.91 Å². The molecule has 0 aliphatic heterocycles. The van der Waals surface area contributed by atoms with E-state index in [1.165, 1.54) is 12.8 Å². The molecule has 0 spiro atoms. The molecule has 1 heterocycles. The fourth-order valence-electron chi connectivity index (χ4n) is 1.82. The molecule has 1 fully saturated rings. The second-order valence-electron chi connectivity index (χ2n) is 4.42. The summed E-state index contributed by atoms with van der Waals surface area (Å²) in [5.41, 5.74) is 0.729. The summed E-state index contributed by atoms with van der Waals surface area (Å²) in [4.78, 5) is 11.9. The minimum Gasteiger partial charge on any atom is -0.396 e. The van der Waals surface area contributed by atoms with Crippen LogP contribution in [-0.4, -0.2) is 28.2 Å². The largest absolute Gasteiger partial charge is 0.396 e. The molecule has 0 aromatic carbocycles. The van der Waals surface area contributed by atoms with Gasteiger partial charge in [0.05, 0.1) is 0 Å². The smallest absolute Gasteiger partial charge is 0.268 e. The Bertz CT molecular complexity index is 369. The summed E-state index contributed by atoms with van der Waals surface area (Å²) in [6, 6.07) is 4.28. The topological polar surface area (TPSA) is 54.3 Å². The first-order valence-electron chi connectivity index (χ1n) is 5.81. The highest BCUT2D eigenvalue weighted by molar-refractivity contribution is 5.93. The van der Waals surface area contributed by atoms with Crippen LogP contribution in [0.4, 0.5) is 0 Å². The quantitative estimate of drug-likeness (QED) is 0.789. The van der Waals surface area contributed by atoms with Crippen molar-refractivity contribution >= 4 is 5.91 Å². The zero-order valence-corrected chi connectivity index (χ0v) is 9.52. The number of rotatable bonds is 5. The van der Waals surface area contributed by atoms with E-state index in [0.29, 0.717) is 12.5 Å². The maximum Gasteiger partial charge on any atom is 0.268 e. The van der Waals surface area contributed by atoms with Gasteiger partial charge in [-0.05, 0) is 38.3 Å². The molecular weight excluding hydrogens is 204 g/mol. The van der Waals surface area contributed by atoms with Crippen LogP contribution in [0.1, 0.15) is 42.7 Å². The van der Waals surface area contributed by atoms with Crippen molar-refractivity contribution in [3.8, 4) is 0 Å². The second kappa shape index (κ2) is 4.70. The van der Waals surface area contributed by atoms with E-state index in [4.69, 9.17) is 5.11 Å². The Morgan fingerprint density at radius 2 is 2.44 bits per heavy atom. The number of aromatic nitrogens is 1. The van der Waals surface area contributed by atoms with Gasteiger partial charge >= 0.3 is 0 Å². The number of nitrogens with one attached hydrogen (secondary N) is 1. The van der Waals surface area contributed by atoms with Crippen LogP contribution in [0, 0.1) is 0 Å². The van der Waals surface area contributed by atoms with Gasteiger partial charge in [0.2, 0.25) is 0 Å².